The number of hydrogen-bond donors (Lipinski definition) is 0. The van der Waals surface area contributed by atoms with Crippen molar-refractivity contribution < 1.29 is 9.59 Å². The van der Waals surface area contributed by atoms with Crippen LogP contribution < -0.4 is 0 Å². The number of Topliss-reactive ketones (excluding diaryl/α,β-unsaturated/α-hetero) is 2. The zero-order valence-corrected chi connectivity index (χ0v) is 12.5. The summed E-state index contributed by atoms with van der Waals surface area (Å²) in [7, 11) is 0. The topological polar surface area (TPSA) is 34.1 Å². The van der Waals surface area contributed by atoms with E-state index in [-0.39, 0.29) is 23.9 Å². The third kappa shape index (κ3) is 4.02. The van der Waals surface area contributed by atoms with Crippen molar-refractivity contribution >= 4 is 11.6 Å². The number of carbonyl (C=O) groups excluding carboxylic acids is 2. The summed E-state index contributed by atoms with van der Waals surface area (Å²) in [5, 5.41) is 0. The average Bonchev–Trinajstić information content (AvgIpc) is 2.45. The van der Waals surface area contributed by atoms with Gasteiger partial charge in [0.1, 0.15) is 5.78 Å². The van der Waals surface area contributed by atoms with Gasteiger partial charge in [0.05, 0.1) is 6.42 Å². The molecule has 0 radical (unpaired) electrons. The zero-order chi connectivity index (χ0) is 14.4. The van der Waals surface area contributed by atoms with Gasteiger partial charge in [0, 0.05) is 11.5 Å². The maximum Gasteiger partial charge on any atom is 0.170 e. The molecule has 0 fully saturated rings. The Labute approximate surface area is 116 Å². The molecule has 104 valence electrons. The van der Waals surface area contributed by atoms with Crippen molar-refractivity contribution in [3.8, 4) is 0 Å². The van der Waals surface area contributed by atoms with Crippen LogP contribution in [0.5, 0.6) is 0 Å². The highest BCUT2D eigenvalue weighted by atomic mass is 16.1. The normalized spacial score (nSPS) is 12.2. The van der Waals surface area contributed by atoms with Gasteiger partial charge in [0.25, 0.3) is 0 Å². The summed E-state index contributed by atoms with van der Waals surface area (Å²) in [5.41, 5.74) is 2.93. The molecule has 0 aliphatic carbocycles. The van der Waals surface area contributed by atoms with Crippen molar-refractivity contribution in [2.45, 2.75) is 53.4 Å². The van der Waals surface area contributed by atoms with Crippen LogP contribution in [0, 0.1) is 5.92 Å². The molecule has 0 heterocycles. The van der Waals surface area contributed by atoms with Crippen LogP contribution in [0.4, 0.5) is 0 Å². The summed E-state index contributed by atoms with van der Waals surface area (Å²) in [5.74, 6) is -0.00251. The van der Waals surface area contributed by atoms with Gasteiger partial charge in [-0.15, -0.1) is 0 Å². The fourth-order valence-corrected chi connectivity index (χ4v) is 2.07. The molecular weight excluding hydrogens is 236 g/mol. The van der Waals surface area contributed by atoms with Gasteiger partial charge in [-0.05, 0) is 36.5 Å². The minimum atomic E-state index is -0.0301. The molecule has 2 heteroatoms. The van der Waals surface area contributed by atoms with Crippen LogP contribution in [0.3, 0.4) is 0 Å². The van der Waals surface area contributed by atoms with E-state index in [0.29, 0.717) is 0 Å². The van der Waals surface area contributed by atoms with E-state index in [1.165, 1.54) is 0 Å². The van der Waals surface area contributed by atoms with E-state index in [1.807, 2.05) is 32.9 Å². The smallest absolute Gasteiger partial charge is 0.170 e. The molecule has 0 saturated heterocycles. The monoisotopic (exact) mass is 260 g/mol. The molecule has 0 aliphatic heterocycles. The highest BCUT2D eigenvalue weighted by Crippen LogP contribution is 2.17. The van der Waals surface area contributed by atoms with Crippen molar-refractivity contribution in [2.24, 2.45) is 5.92 Å². The van der Waals surface area contributed by atoms with Crippen molar-refractivity contribution in [3.05, 3.63) is 34.9 Å². The van der Waals surface area contributed by atoms with Crippen molar-refractivity contribution in [1.29, 1.82) is 0 Å². The number of rotatable bonds is 7. The van der Waals surface area contributed by atoms with Gasteiger partial charge in [-0.3, -0.25) is 9.59 Å². The number of ketones is 2. The Morgan fingerprint density at radius 3 is 2.32 bits per heavy atom. The highest BCUT2D eigenvalue weighted by molar-refractivity contribution is 6.09. The highest BCUT2D eigenvalue weighted by Gasteiger charge is 2.18. The Balaban J connectivity index is 2.95. The fraction of sp³-hybridized carbons (Fsp3) is 0.529. The second kappa shape index (κ2) is 7.22. The molecule has 2 nitrogen and oxygen atoms in total. The van der Waals surface area contributed by atoms with Gasteiger partial charge >= 0.3 is 0 Å². The van der Waals surface area contributed by atoms with E-state index in [0.717, 1.165) is 36.0 Å². The Bertz CT molecular complexity index is 460. The third-order valence-electron chi connectivity index (χ3n) is 3.76. The minimum Gasteiger partial charge on any atom is -0.299 e. The second-order valence-corrected chi connectivity index (χ2v) is 5.07. The molecule has 19 heavy (non-hydrogen) atoms. The van der Waals surface area contributed by atoms with Gasteiger partial charge in [0.2, 0.25) is 0 Å². The van der Waals surface area contributed by atoms with Gasteiger partial charge in [-0.1, -0.05) is 39.8 Å². The van der Waals surface area contributed by atoms with Gasteiger partial charge in [-0.2, -0.15) is 0 Å². The molecule has 0 aliphatic rings. The van der Waals surface area contributed by atoms with Crippen LogP contribution in [-0.4, -0.2) is 11.6 Å². The Morgan fingerprint density at radius 1 is 1.11 bits per heavy atom. The first kappa shape index (κ1) is 15.6. The molecule has 1 atom stereocenters. The number of carbonyl (C=O) groups is 2. The van der Waals surface area contributed by atoms with Crippen LogP contribution in [0.2, 0.25) is 0 Å². The van der Waals surface area contributed by atoms with E-state index in [9.17, 15) is 9.59 Å². The summed E-state index contributed by atoms with van der Waals surface area (Å²) < 4.78 is 0. The number of hydrogen-bond acceptors (Lipinski definition) is 2. The van der Waals surface area contributed by atoms with Crippen LogP contribution in [0.25, 0.3) is 0 Å². The van der Waals surface area contributed by atoms with E-state index in [2.05, 4.69) is 13.0 Å². The molecule has 1 aromatic carbocycles. The summed E-state index contributed by atoms with van der Waals surface area (Å²) in [6.45, 7) is 7.97. The molecule has 0 amide bonds. The van der Waals surface area contributed by atoms with E-state index < -0.39 is 0 Å². The van der Waals surface area contributed by atoms with Gasteiger partial charge in [0.15, 0.2) is 5.78 Å². The van der Waals surface area contributed by atoms with Crippen LogP contribution in [0.15, 0.2) is 18.2 Å². The lowest BCUT2D eigenvalue weighted by molar-refractivity contribution is -0.121. The lowest BCUT2D eigenvalue weighted by atomic mass is 9.92. The predicted molar refractivity (Wildman–Crippen MR) is 78.6 cm³/mol. The van der Waals surface area contributed by atoms with Crippen molar-refractivity contribution in [2.75, 3.05) is 0 Å². The molecule has 0 spiro atoms. The summed E-state index contributed by atoms with van der Waals surface area (Å²) >= 11 is 0. The largest absolute Gasteiger partial charge is 0.299 e. The van der Waals surface area contributed by atoms with Crippen molar-refractivity contribution in [3.63, 3.8) is 0 Å². The molecule has 0 bridgehead atoms. The summed E-state index contributed by atoms with van der Waals surface area (Å²) in [4.78, 5) is 24.2. The second-order valence-electron chi connectivity index (χ2n) is 5.07. The lowest BCUT2D eigenvalue weighted by Gasteiger charge is -2.11. The SMILES string of the molecule is CCc1ccc(CC)c(C(=O)CC(=O)C(C)CC)c1. The molecule has 1 unspecified atom stereocenters. The quantitative estimate of drug-likeness (QED) is 0.548. The number of benzene rings is 1. The maximum absolute atomic E-state index is 12.3. The molecule has 0 aromatic heterocycles. The maximum atomic E-state index is 12.3. The lowest BCUT2D eigenvalue weighted by Crippen LogP contribution is -2.16. The first-order valence-corrected chi connectivity index (χ1v) is 7.21. The van der Waals surface area contributed by atoms with Crippen LogP contribution in [-0.2, 0) is 17.6 Å². The van der Waals surface area contributed by atoms with Crippen LogP contribution in [0.1, 0.15) is 62.0 Å². The summed E-state index contributed by atoms with van der Waals surface area (Å²) in [6.07, 6.45) is 2.56. The Morgan fingerprint density at radius 2 is 1.79 bits per heavy atom. The van der Waals surface area contributed by atoms with E-state index in [1.54, 1.807) is 0 Å². The zero-order valence-electron chi connectivity index (χ0n) is 12.5. The first-order chi connectivity index (χ1) is 9.03. The number of aryl methyl sites for hydroxylation is 2. The fourth-order valence-electron chi connectivity index (χ4n) is 2.07. The molecule has 0 N–H and O–H groups in total. The molecule has 1 rings (SSSR count). The van der Waals surface area contributed by atoms with Crippen LogP contribution >= 0.6 is 0 Å². The van der Waals surface area contributed by atoms with E-state index >= 15 is 0 Å². The Kier molecular flexibility index (Phi) is 5.94. The molecule has 1 aromatic rings. The molecule has 0 saturated carbocycles. The minimum absolute atomic E-state index is 0.0246. The standard InChI is InChI=1S/C17H24O2/c1-5-12(4)16(18)11-17(19)15-10-13(6-2)8-9-14(15)7-3/h8-10,12H,5-7,11H2,1-4H3. The first-order valence-electron chi connectivity index (χ1n) is 7.21. The predicted octanol–water partition coefficient (Wildman–Crippen LogP) is 4.00. The van der Waals surface area contributed by atoms with Gasteiger partial charge < -0.3 is 0 Å². The van der Waals surface area contributed by atoms with E-state index in [4.69, 9.17) is 0 Å². The average molecular weight is 260 g/mol. The van der Waals surface area contributed by atoms with Crippen molar-refractivity contribution in [1.82, 2.24) is 0 Å². The molecular formula is C17H24O2. The van der Waals surface area contributed by atoms with Gasteiger partial charge in [-0.25, -0.2) is 0 Å². The third-order valence-corrected chi connectivity index (χ3v) is 3.76. The Hall–Kier alpha value is -1.44. The summed E-state index contributed by atoms with van der Waals surface area (Å²) in [6, 6.07) is 6.02.